The van der Waals surface area contributed by atoms with Gasteiger partial charge in [-0.1, -0.05) is 12.1 Å². The lowest BCUT2D eigenvalue weighted by molar-refractivity contribution is -0.117. The minimum Gasteiger partial charge on any atom is -0.322 e. The third-order valence-electron chi connectivity index (χ3n) is 4.51. The van der Waals surface area contributed by atoms with E-state index in [2.05, 4.69) is 20.8 Å². The Morgan fingerprint density at radius 3 is 2.63 bits per heavy atom. The first-order valence-corrected chi connectivity index (χ1v) is 8.66. The monoisotopic (exact) mass is 362 g/mol. The first-order valence-electron chi connectivity index (χ1n) is 8.66. The molecule has 0 radical (unpaired) electrons. The molecule has 1 saturated heterocycles. The van der Waals surface area contributed by atoms with E-state index in [4.69, 9.17) is 0 Å². The van der Waals surface area contributed by atoms with Crippen LogP contribution in [0.2, 0.25) is 0 Å². The van der Waals surface area contributed by atoms with Gasteiger partial charge >= 0.3 is 0 Å². The second kappa shape index (κ2) is 6.99. The van der Waals surface area contributed by atoms with Gasteiger partial charge in [-0.2, -0.15) is 0 Å². The molecule has 0 atom stereocenters. The zero-order valence-electron chi connectivity index (χ0n) is 14.8. The first kappa shape index (κ1) is 16.9. The molecule has 1 aromatic heterocycles. The Morgan fingerprint density at radius 1 is 1.15 bits per heavy atom. The average molecular weight is 362 g/mol. The van der Waals surface area contributed by atoms with Crippen LogP contribution in [0, 0.1) is 0 Å². The van der Waals surface area contributed by atoms with Gasteiger partial charge in [0, 0.05) is 42.5 Å². The third-order valence-corrected chi connectivity index (χ3v) is 4.51. The highest BCUT2D eigenvalue weighted by Gasteiger charge is 2.21. The summed E-state index contributed by atoms with van der Waals surface area (Å²) in [6.07, 6.45) is 1.46. The van der Waals surface area contributed by atoms with E-state index in [9.17, 15) is 9.59 Å². The number of hydrogen-bond donors (Lipinski definition) is 1. The maximum atomic E-state index is 12.5. The molecule has 3 aromatic rings. The Hall–Kier alpha value is -3.55. The average Bonchev–Trinajstić information content (AvgIpc) is 3.30. The number of nitrogens with one attached hydrogen (secondary N) is 1. The fourth-order valence-electron chi connectivity index (χ4n) is 3.13. The molecule has 0 bridgehead atoms. The van der Waals surface area contributed by atoms with Crippen molar-refractivity contribution in [2.75, 3.05) is 16.8 Å². The van der Waals surface area contributed by atoms with E-state index in [1.165, 1.54) is 0 Å². The van der Waals surface area contributed by atoms with Crippen LogP contribution in [0.15, 0.2) is 48.5 Å². The summed E-state index contributed by atoms with van der Waals surface area (Å²) in [6.45, 7) is 0.730. The fourth-order valence-corrected chi connectivity index (χ4v) is 3.13. The highest BCUT2D eigenvalue weighted by atomic mass is 16.2. The zero-order valence-corrected chi connectivity index (χ0v) is 14.8. The fraction of sp³-hybridized carbons (Fsp3) is 0.211. The molecule has 8 nitrogen and oxygen atoms in total. The molecule has 1 aliphatic rings. The van der Waals surface area contributed by atoms with E-state index >= 15 is 0 Å². The van der Waals surface area contributed by atoms with Gasteiger partial charge in [0.15, 0.2) is 5.82 Å². The lowest BCUT2D eigenvalue weighted by atomic mass is 10.1. The van der Waals surface area contributed by atoms with Crippen molar-refractivity contribution in [1.29, 1.82) is 0 Å². The largest absolute Gasteiger partial charge is 0.322 e. The molecule has 1 fully saturated rings. The van der Waals surface area contributed by atoms with Crippen molar-refractivity contribution in [3.63, 3.8) is 0 Å². The van der Waals surface area contributed by atoms with E-state index in [0.717, 1.165) is 24.2 Å². The van der Waals surface area contributed by atoms with Crippen LogP contribution >= 0.6 is 0 Å². The molecule has 2 amide bonds. The summed E-state index contributed by atoms with van der Waals surface area (Å²) in [5, 5.41) is 14.3. The number of aryl methyl sites for hydroxylation is 1. The molecule has 0 aliphatic carbocycles. The van der Waals surface area contributed by atoms with Crippen LogP contribution in [0.3, 0.4) is 0 Å². The van der Waals surface area contributed by atoms with Gasteiger partial charge in [0.1, 0.15) is 0 Å². The number of hydrogen-bond acceptors (Lipinski definition) is 5. The normalized spacial score (nSPS) is 13.8. The number of aromatic nitrogens is 4. The molecule has 2 aromatic carbocycles. The quantitative estimate of drug-likeness (QED) is 0.768. The van der Waals surface area contributed by atoms with Crippen LogP contribution in [0.4, 0.5) is 11.4 Å². The van der Waals surface area contributed by atoms with Gasteiger partial charge < -0.3 is 10.2 Å². The van der Waals surface area contributed by atoms with Gasteiger partial charge in [-0.25, -0.2) is 4.68 Å². The Bertz CT molecular complexity index is 995. The number of carbonyl (C=O) groups excluding carboxylic acids is 2. The molecule has 27 heavy (non-hydrogen) atoms. The molecule has 4 rings (SSSR count). The van der Waals surface area contributed by atoms with Crippen LogP contribution in [-0.2, 0) is 11.8 Å². The summed E-state index contributed by atoms with van der Waals surface area (Å²) >= 11 is 0. The Labute approximate surface area is 155 Å². The van der Waals surface area contributed by atoms with Crippen LogP contribution < -0.4 is 10.2 Å². The summed E-state index contributed by atoms with van der Waals surface area (Å²) in [6, 6.07) is 14.4. The standard InChI is InChI=1S/C19H18N6O2/c1-24-18(21-22-23-24)14-4-2-5-15(12-14)20-19(27)13-7-9-16(10-8-13)25-11-3-6-17(25)26/h2,4-5,7-10,12H,3,6,11H2,1H3,(H,20,27). The molecule has 8 heteroatoms. The third kappa shape index (κ3) is 3.41. The molecule has 0 spiro atoms. The summed E-state index contributed by atoms with van der Waals surface area (Å²) in [4.78, 5) is 26.1. The Kier molecular flexibility index (Phi) is 4.37. The second-order valence-electron chi connectivity index (χ2n) is 6.36. The summed E-state index contributed by atoms with van der Waals surface area (Å²) < 4.78 is 1.57. The predicted molar refractivity (Wildman–Crippen MR) is 100 cm³/mol. The van der Waals surface area contributed by atoms with E-state index in [-0.39, 0.29) is 11.8 Å². The summed E-state index contributed by atoms with van der Waals surface area (Å²) in [7, 11) is 1.76. The smallest absolute Gasteiger partial charge is 0.255 e. The maximum absolute atomic E-state index is 12.5. The minimum atomic E-state index is -0.220. The maximum Gasteiger partial charge on any atom is 0.255 e. The van der Waals surface area contributed by atoms with Gasteiger partial charge in [-0.05, 0) is 53.2 Å². The predicted octanol–water partition coefficient (Wildman–Crippen LogP) is 2.26. The highest BCUT2D eigenvalue weighted by molar-refractivity contribution is 6.05. The van der Waals surface area contributed by atoms with E-state index < -0.39 is 0 Å². The molecular formula is C19H18N6O2. The van der Waals surface area contributed by atoms with Crippen molar-refractivity contribution in [1.82, 2.24) is 20.2 Å². The van der Waals surface area contributed by atoms with Gasteiger partial charge in [0.05, 0.1) is 0 Å². The van der Waals surface area contributed by atoms with Crippen LogP contribution in [0.1, 0.15) is 23.2 Å². The Balaban J connectivity index is 1.49. The van der Waals surface area contributed by atoms with Crippen molar-refractivity contribution >= 4 is 23.2 Å². The number of tetrazole rings is 1. The van der Waals surface area contributed by atoms with Gasteiger partial charge in [-0.15, -0.1) is 5.10 Å². The molecule has 0 saturated carbocycles. The van der Waals surface area contributed by atoms with Crippen molar-refractivity contribution in [3.05, 3.63) is 54.1 Å². The lowest BCUT2D eigenvalue weighted by Crippen LogP contribution is -2.23. The number of amides is 2. The number of anilines is 2. The van der Waals surface area contributed by atoms with E-state index in [0.29, 0.717) is 23.5 Å². The number of carbonyl (C=O) groups is 2. The molecule has 2 heterocycles. The molecule has 1 N–H and O–H groups in total. The SMILES string of the molecule is Cn1nnnc1-c1cccc(NC(=O)c2ccc(N3CCCC3=O)cc2)c1. The minimum absolute atomic E-state index is 0.127. The van der Waals surface area contributed by atoms with Crippen LogP contribution in [0.5, 0.6) is 0 Å². The first-order chi connectivity index (χ1) is 13.1. The van der Waals surface area contributed by atoms with Crippen molar-refractivity contribution < 1.29 is 9.59 Å². The number of nitrogens with zero attached hydrogens (tertiary/aromatic N) is 5. The molecule has 0 unspecified atom stereocenters. The molecule has 1 aliphatic heterocycles. The van der Waals surface area contributed by atoms with Gasteiger partial charge in [-0.3, -0.25) is 9.59 Å². The Morgan fingerprint density at radius 2 is 1.96 bits per heavy atom. The van der Waals surface area contributed by atoms with Gasteiger partial charge in [0.2, 0.25) is 5.91 Å². The highest BCUT2D eigenvalue weighted by Crippen LogP contribution is 2.23. The van der Waals surface area contributed by atoms with Crippen molar-refractivity contribution in [2.45, 2.75) is 12.8 Å². The second-order valence-corrected chi connectivity index (χ2v) is 6.36. The summed E-state index contributed by atoms with van der Waals surface area (Å²) in [5.74, 6) is 0.524. The van der Waals surface area contributed by atoms with E-state index in [1.807, 2.05) is 24.3 Å². The van der Waals surface area contributed by atoms with Crippen molar-refractivity contribution in [2.24, 2.45) is 7.05 Å². The molecule has 136 valence electrons. The van der Waals surface area contributed by atoms with E-state index in [1.54, 1.807) is 40.9 Å². The van der Waals surface area contributed by atoms with Crippen molar-refractivity contribution in [3.8, 4) is 11.4 Å². The number of rotatable bonds is 4. The van der Waals surface area contributed by atoms with Crippen LogP contribution in [-0.4, -0.2) is 38.6 Å². The lowest BCUT2D eigenvalue weighted by Gasteiger charge is -2.15. The number of benzene rings is 2. The molecular weight excluding hydrogens is 344 g/mol. The van der Waals surface area contributed by atoms with Gasteiger partial charge in [0.25, 0.3) is 5.91 Å². The van der Waals surface area contributed by atoms with Crippen LogP contribution in [0.25, 0.3) is 11.4 Å². The zero-order chi connectivity index (χ0) is 18.8. The summed E-state index contributed by atoms with van der Waals surface area (Å²) in [5.41, 5.74) is 2.81. The topological polar surface area (TPSA) is 93.0 Å².